The van der Waals surface area contributed by atoms with Gasteiger partial charge in [0.2, 0.25) is 0 Å². The summed E-state index contributed by atoms with van der Waals surface area (Å²) < 4.78 is 14.8. The van der Waals surface area contributed by atoms with E-state index in [1.54, 1.807) is 0 Å². The topological polar surface area (TPSA) is 62.1 Å². The van der Waals surface area contributed by atoms with Crippen molar-refractivity contribution in [3.63, 3.8) is 0 Å². The van der Waals surface area contributed by atoms with Crippen LogP contribution in [-0.2, 0) is 0 Å². The van der Waals surface area contributed by atoms with Gasteiger partial charge in [-0.15, -0.1) is 0 Å². The SMILES string of the molecule is CCSc1nc2c3c(nc(Cl)c(F)c3n1)[C@@H](O)C[C@@H]1[C@@H]3CC[C@@H](C3)CN21. The molecule has 2 aromatic rings. The van der Waals surface area contributed by atoms with Crippen LogP contribution in [0.5, 0.6) is 0 Å². The predicted molar refractivity (Wildman–Crippen MR) is 100 cm³/mol. The quantitative estimate of drug-likeness (QED) is 0.472. The fourth-order valence-corrected chi connectivity index (χ4v) is 5.72. The van der Waals surface area contributed by atoms with Gasteiger partial charge in [-0.2, -0.15) is 0 Å². The zero-order chi connectivity index (χ0) is 18.0. The minimum Gasteiger partial charge on any atom is -0.387 e. The lowest BCUT2D eigenvalue weighted by Gasteiger charge is -2.40. The average Bonchev–Trinajstić information content (AvgIpc) is 2.97. The van der Waals surface area contributed by atoms with Crippen molar-refractivity contribution in [1.82, 2.24) is 15.0 Å². The molecule has 1 saturated carbocycles. The molecule has 2 fully saturated rings. The van der Waals surface area contributed by atoms with Crippen LogP contribution >= 0.6 is 23.4 Å². The molecule has 0 radical (unpaired) electrons. The van der Waals surface area contributed by atoms with Gasteiger partial charge in [-0.3, -0.25) is 0 Å². The van der Waals surface area contributed by atoms with E-state index < -0.39 is 11.9 Å². The number of fused-ring (bicyclic) bond motifs is 5. The number of piperidine rings is 1. The number of anilines is 1. The van der Waals surface area contributed by atoms with E-state index in [0.29, 0.717) is 34.5 Å². The van der Waals surface area contributed by atoms with Gasteiger partial charge in [0.25, 0.3) is 0 Å². The highest BCUT2D eigenvalue weighted by Gasteiger charge is 2.45. The Balaban J connectivity index is 1.80. The number of halogens is 2. The molecule has 2 aromatic heterocycles. The molecule has 2 bridgehead atoms. The summed E-state index contributed by atoms with van der Waals surface area (Å²) in [5, 5.41) is 11.7. The van der Waals surface area contributed by atoms with Gasteiger partial charge < -0.3 is 10.0 Å². The van der Waals surface area contributed by atoms with Crippen LogP contribution in [0.2, 0.25) is 5.15 Å². The lowest BCUT2D eigenvalue weighted by molar-refractivity contribution is 0.138. The first-order valence-electron chi connectivity index (χ1n) is 9.21. The Morgan fingerprint density at radius 1 is 1.27 bits per heavy atom. The number of pyridine rings is 1. The molecular weight excluding hydrogens is 375 g/mol. The normalized spacial score (nSPS) is 29.8. The third kappa shape index (κ3) is 2.43. The van der Waals surface area contributed by atoms with Crippen molar-refractivity contribution >= 4 is 40.1 Å². The molecule has 5 nitrogen and oxygen atoms in total. The van der Waals surface area contributed by atoms with Gasteiger partial charge in [-0.1, -0.05) is 30.3 Å². The first-order valence-corrected chi connectivity index (χ1v) is 10.6. The van der Waals surface area contributed by atoms with Crippen molar-refractivity contribution in [3.05, 3.63) is 16.7 Å². The fourth-order valence-electron chi connectivity index (χ4n) is 4.98. The van der Waals surface area contributed by atoms with Crippen LogP contribution in [0.4, 0.5) is 10.2 Å². The van der Waals surface area contributed by atoms with E-state index in [4.69, 9.17) is 16.6 Å². The minimum atomic E-state index is -0.783. The molecular formula is C18H20ClFN4OS. The van der Waals surface area contributed by atoms with Crippen LogP contribution in [-0.4, -0.2) is 38.4 Å². The van der Waals surface area contributed by atoms with Crippen molar-refractivity contribution in [1.29, 1.82) is 0 Å². The lowest BCUT2D eigenvalue weighted by atomic mass is 9.87. The smallest absolute Gasteiger partial charge is 0.190 e. The number of aliphatic hydroxyl groups is 1. The molecule has 0 aromatic carbocycles. The van der Waals surface area contributed by atoms with Crippen molar-refractivity contribution in [2.45, 2.75) is 49.9 Å². The van der Waals surface area contributed by atoms with Crippen molar-refractivity contribution in [3.8, 4) is 0 Å². The Morgan fingerprint density at radius 2 is 2.12 bits per heavy atom. The summed E-state index contributed by atoms with van der Waals surface area (Å²) in [6.07, 6.45) is 3.40. The number of rotatable bonds is 2. The Bertz CT molecular complexity index is 897. The van der Waals surface area contributed by atoms with E-state index in [0.717, 1.165) is 18.1 Å². The molecule has 0 unspecified atom stereocenters. The maximum atomic E-state index is 14.8. The fraction of sp³-hybridized carbons (Fsp3) is 0.611. The maximum absolute atomic E-state index is 14.8. The molecule has 5 rings (SSSR count). The van der Waals surface area contributed by atoms with Crippen LogP contribution in [0.25, 0.3) is 10.9 Å². The molecule has 138 valence electrons. The Labute approximate surface area is 160 Å². The largest absolute Gasteiger partial charge is 0.387 e. The predicted octanol–water partition coefficient (Wildman–Crippen LogP) is 3.97. The summed E-state index contributed by atoms with van der Waals surface area (Å²) >= 11 is 7.52. The standard InChI is InChI=1S/C18H20ClFN4OS/c1-2-26-18-22-15-12-14(21-16(19)13(15)20)11(25)6-10-9-4-3-8(5-9)7-24(10)17(12)23-18/h8-11,25H,2-7H2,1H3/t8-,9+,10+,11-/m0/s1. The van der Waals surface area contributed by atoms with E-state index in [1.165, 1.54) is 31.0 Å². The summed E-state index contributed by atoms with van der Waals surface area (Å²) in [5.41, 5.74) is 0.596. The molecule has 1 saturated heterocycles. The van der Waals surface area contributed by atoms with Crippen molar-refractivity contribution in [2.24, 2.45) is 11.8 Å². The van der Waals surface area contributed by atoms with Crippen LogP contribution in [0.3, 0.4) is 0 Å². The van der Waals surface area contributed by atoms with Crippen molar-refractivity contribution in [2.75, 3.05) is 17.2 Å². The Kier molecular flexibility index (Phi) is 4.03. The summed E-state index contributed by atoms with van der Waals surface area (Å²) in [6, 6.07) is 0.206. The van der Waals surface area contributed by atoms with E-state index in [1.807, 2.05) is 6.92 Å². The lowest BCUT2D eigenvalue weighted by Crippen LogP contribution is -2.46. The van der Waals surface area contributed by atoms with Crippen LogP contribution in [0.15, 0.2) is 5.16 Å². The Hall–Kier alpha value is -1.18. The van der Waals surface area contributed by atoms with E-state index in [2.05, 4.69) is 14.9 Å². The van der Waals surface area contributed by atoms with Crippen LogP contribution in [0, 0.1) is 17.7 Å². The first-order chi connectivity index (χ1) is 12.6. The summed E-state index contributed by atoms with van der Waals surface area (Å²) in [7, 11) is 0. The van der Waals surface area contributed by atoms with Crippen LogP contribution < -0.4 is 4.90 Å². The molecule has 4 atom stereocenters. The van der Waals surface area contributed by atoms with Gasteiger partial charge in [-0.25, -0.2) is 19.3 Å². The van der Waals surface area contributed by atoms with Crippen LogP contribution in [0.1, 0.15) is 44.4 Å². The number of thioether (sulfide) groups is 1. The zero-order valence-corrected chi connectivity index (χ0v) is 16.0. The highest BCUT2D eigenvalue weighted by molar-refractivity contribution is 7.99. The molecule has 26 heavy (non-hydrogen) atoms. The van der Waals surface area contributed by atoms with Gasteiger partial charge >= 0.3 is 0 Å². The summed E-state index contributed by atoms with van der Waals surface area (Å²) in [4.78, 5) is 15.7. The number of hydrogen-bond donors (Lipinski definition) is 1. The van der Waals surface area contributed by atoms with Gasteiger partial charge in [0.05, 0.1) is 17.2 Å². The van der Waals surface area contributed by atoms with E-state index in [-0.39, 0.29) is 16.7 Å². The second-order valence-corrected chi connectivity index (χ2v) is 9.09. The van der Waals surface area contributed by atoms with Gasteiger partial charge in [-0.05, 0) is 43.3 Å². The number of nitrogens with zero attached hydrogens (tertiary/aromatic N) is 4. The third-order valence-electron chi connectivity index (χ3n) is 6.04. The van der Waals surface area contributed by atoms with E-state index in [9.17, 15) is 9.50 Å². The number of aliphatic hydroxyl groups excluding tert-OH is 1. The van der Waals surface area contributed by atoms with Crippen molar-refractivity contribution < 1.29 is 9.50 Å². The number of aromatic nitrogens is 3. The third-order valence-corrected chi connectivity index (χ3v) is 7.02. The first kappa shape index (κ1) is 17.0. The highest BCUT2D eigenvalue weighted by Crippen LogP contribution is 2.49. The summed E-state index contributed by atoms with van der Waals surface area (Å²) in [5.74, 6) is 2.09. The Morgan fingerprint density at radius 3 is 2.92 bits per heavy atom. The molecule has 2 aliphatic heterocycles. The summed E-state index contributed by atoms with van der Waals surface area (Å²) in [6.45, 7) is 2.92. The van der Waals surface area contributed by atoms with Gasteiger partial charge in [0.1, 0.15) is 11.3 Å². The molecule has 8 heteroatoms. The average molecular weight is 395 g/mol. The van der Waals surface area contributed by atoms with Gasteiger partial charge in [0, 0.05) is 12.6 Å². The number of hydrogen-bond acceptors (Lipinski definition) is 6. The highest BCUT2D eigenvalue weighted by atomic mass is 35.5. The molecule has 1 aliphatic carbocycles. The molecule has 1 N–H and O–H groups in total. The molecule has 4 heterocycles. The minimum absolute atomic E-state index is 0.179. The maximum Gasteiger partial charge on any atom is 0.190 e. The second kappa shape index (κ2) is 6.17. The second-order valence-electron chi connectivity index (χ2n) is 7.50. The zero-order valence-electron chi connectivity index (χ0n) is 14.5. The molecule has 0 spiro atoms. The molecule has 0 amide bonds. The monoisotopic (exact) mass is 394 g/mol. The van der Waals surface area contributed by atoms with Gasteiger partial charge in [0.15, 0.2) is 16.1 Å². The molecule has 3 aliphatic rings. The van der Waals surface area contributed by atoms with E-state index >= 15 is 0 Å².